The van der Waals surface area contributed by atoms with E-state index < -0.39 is 0 Å². The van der Waals surface area contributed by atoms with Crippen LogP contribution in [-0.2, 0) is 13.2 Å². The average molecular weight is 360 g/mol. The van der Waals surface area contributed by atoms with Crippen LogP contribution >= 0.6 is 0 Å². The van der Waals surface area contributed by atoms with Gasteiger partial charge in [0, 0.05) is 0 Å². The van der Waals surface area contributed by atoms with Gasteiger partial charge in [0.05, 0.1) is 18.3 Å². The number of para-hydroxylation sites is 1. The van der Waals surface area contributed by atoms with E-state index in [1.807, 2.05) is 44.2 Å². The van der Waals surface area contributed by atoms with Crippen molar-refractivity contribution < 1.29 is 25.2 Å². The van der Waals surface area contributed by atoms with E-state index in [0.29, 0.717) is 13.2 Å². The summed E-state index contributed by atoms with van der Waals surface area (Å²) in [4.78, 5) is 0. The first-order valence-electron chi connectivity index (χ1n) is 9.43. The van der Waals surface area contributed by atoms with E-state index in [1.54, 1.807) is 0 Å². The Morgan fingerprint density at radius 2 is 1.73 bits per heavy atom. The van der Waals surface area contributed by atoms with Crippen LogP contribution in [-0.4, -0.2) is 37.5 Å². The molecule has 0 radical (unpaired) electrons. The number of quaternary nitrogens is 2. The number of aliphatic hydroxyl groups is 1. The van der Waals surface area contributed by atoms with Crippen molar-refractivity contribution in [1.82, 2.24) is 0 Å². The molecule has 0 spiro atoms. The summed E-state index contributed by atoms with van der Waals surface area (Å²) in [5.41, 5.74) is 2.28. The lowest BCUT2D eigenvalue weighted by Gasteiger charge is -2.15. The Balaban J connectivity index is 1.94. The maximum Gasteiger partial charge on any atom is 0.170 e. The van der Waals surface area contributed by atoms with Gasteiger partial charge in [0.25, 0.3) is 0 Å². The summed E-state index contributed by atoms with van der Waals surface area (Å²) < 4.78 is 11.9. The van der Waals surface area contributed by atoms with E-state index in [1.165, 1.54) is 0 Å². The standard InChI is InChI=1S/C21H30N2O3/c1-3-25-20-11-7-10-19(15-23-13-12-22-14-17(2)24)21(20)26-16-18-8-5-4-6-9-18/h4-11,17,22-24H,3,12-16H2,1-2H3/p+2/t17-/m0/s1. The second kappa shape index (κ2) is 11.5. The number of hydrogen-bond donors (Lipinski definition) is 3. The third kappa shape index (κ3) is 7.04. The van der Waals surface area contributed by atoms with Gasteiger partial charge >= 0.3 is 0 Å². The molecular formula is C21H32N2O3+2. The van der Waals surface area contributed by atoms with Crippen LogP contribution in [0.25, 0.3) is 0 Å². The Kier molecular flexibility index (Phi) is 8.96. The van der Waals surface area contributed by atoms with Crippen molar-refractivity contribution in [3.05, 3.63) is 59.7 Å². The lowest BCUT2D eigenvalue weighted by molar-refractivity contribution is -0.733. The van der Waals surface area contributed by atoms with Gasteiger partial charge in [0.1, 0.15) is 32.8 Å². The fraction of sp³-hybridized carbons (Fsp3) is 0.429. The minimum Gasteiger partial charge on any atom is -0.490 e. The van der Waals surface area contributed by atoms with Crippen LogP contribution < -0.4 is 20.1 Å². The van der Waals surface area contributed by atoms with Gasteiger partial charge in [-0.1, -0.05) is 36.4 Å². The number of rotatable bonds is 12. The van der Waals surface area contributed by atoms with Crippen molar-refractivity contribution in [1.29, 1.82) is 0 Å². The van der Waals surface area contributed by atoms with Crippen LogP contribution in [0.3, 0.4) is 0 Å². The minimum atomic E-state index is -0.254. The summed E-state index contributed by atoms with van der Waals surface area (Å²) >= 11 is 0. The summed E-state index contributed by atoms with van der Waals surface area (Å²) in [6.07, 6.45) is -0.254. The van der Waals surface area contributed by atoms with E-state index >= 15 is 0 Å². The number of ether oxygens (including phenoxy) is 2. The average Bonchev–Trinajstić information content (AvgIpc) is 2.64. The van der Waals surface area contributed by atoms with Gasteiger partial charge in [-0.05, 0) is 31.5 Å². The topological polar surface area (TPSA) is 71.9 Å². The van der Waals surface area contributed by atoms with E-state index in [-0.39, 0.29) is 6.10 Å². The molecule has 142 valence electrons. The highest BCUT2D eigenvalue weighted by Gasteiger charge is 2.13. The van der Waals surface area contributed by atoms with Crippen LogP contribution in [0.5, 0.6) is 11.5 Å². The Morgan fingerprint density at radius 1 is 0.962 bits per heavy atom. The molecule has 0 aromatic heterocycles. The van der Waals surface area contributed by atoms with Gasteiger partial charge in [0.15, 0.2) is 11.5 Å². The highest BCUT2D eigenvalue weighted by molar-refractivity contribution is 5.46. The molecular weight excluding hydrogens is 328 g/mol. The molecule has 5 N–H and O–H groups in total. The van der Waals surface area contributed by atoms with Gasteiger partial charge in [-0.3, -0.25) is 0 Å². The van der Waals surface area contributed by atoms with Crippen molar-refractivity contribution in [2.75, 3.05) is 26.2 Å². The van der Waals surface area contributed by atoms with Gasteiger partial charge in [0.2, 0.25) is 0 Å². The lowest BCUT2D eigenvalue weighted by Crippen LogP contribution is -2.95. The van der Waals surface area contributed by atoms with E-state index in [9.17, 15) is 5.11 Å². The zero-order valence-electron chi connectivity index (χ0n) is 15.9. The molecule has 0 amide bonds. The molecule has 0 heterocycles. The first-order valence-corrected chi connectivity index (χ1v) is 9.43. The molecule has 0 saturated carbocycles. The maximum atomic E-state index is 9.29. The molecule has 2 aromatic rings. The van der Waals surface area contributed by atoms with Gasteiger partial charge in [-0.15, -0.1) is 0 Å². The predicted molar refractivity (Wildman–Crippen MR) is 102 cm³/mol. The number of nitrogens with two attached hydrogens (primary N) is 2. The molecule has 2 rings (SSSR count). The summed E-state index contributed by atoms with van der Waals surface area (Å²) in [6.45, 7) is 8.50. The van der Waals surface area contributed by atoms with Crippen LogP contribution in [0.2, 0.25) is 0 Å². The third-order valence-corrected chi connectivity index (χ3v) is 4.03. The number of hydrogen-bond acceptors (Lipinski definition) is 3. The highest BCUT2D eigenvalue weighted by Crippen LogP contribution is 2.31. The summed E-state index contributed by atoms with van der Waals surface area (Å²) in [5.74, 6) is 1.64. The third-order valence-electron chi connectivity index (χ3n) is 4.03. The molecule has 5 heteroatoms. The lowest BCUT2D eigenvalue weighted by atomic mass is 10.1. The molecule has 0 unspecified atom stereocenters. The number of aliphatic hydroxyl groups excluding tert-OH is 1. The fourth-order valence-electron chi connectivity index (χ4n) is 2.74. The summed E-state index contributed by atoms with van der Waals surface area (Å²) in [5, 5.41) is 13.7. The number of benzene rings is 2. The van der Waals surface area contributed by atoms with E-state index in [4.69, 9.17) is 9.47 Å². The van der Waals surface area contributed by atoms with Gasteiger partial charge in [-0.2, -0.15) is 0 Å². The molecule has 0 saturated heterocycles. The zero-order chi connectivity index (χ0) is 18.6. The summed E-state index contributed by atoms with van der Waals surface area (Å²) in [7, 11) is 0. The molecule has 1 atom stereocenters. The van der Waals surface area contributed by atoms with Crippen LogP contribution in [0, 0.1) is 0 Å². The SMILES string of the molecule is CCOc1cccc(C[NH2+]CC[NH2+]C[C@H](C)O)c1OCc1ccccc1. The largest absolute Gasteiger partial charge is 0.490 e. The predicted octanol–water partition coefficient (Wildman–Crippen LogP) is 0.672. The smallest absolute Gasteiger partial charge is 0.170 e. The highest BCUT2D eigenvalue weighted by atomic mass is 16.5. The van der Waals surface area contributed by atoms with Crippen LogP contribution in [0.15, 0.2) is 48.5 Å². The van der Waals surface area contributed by atoms with Crippen LogP contribution in [0.4, 0.5) is 0 Å². The van der Waals surface area contributed by atoms with Crippen molar-refractivity contribution >= 4 is 0 Å². The molecule has 0 fully saturated rings. The van der Waals surface area contributed by atoms with E-state index in [0.717, 1.165) is 48.8 Å². The molecule has 2 aromatic carbocycles. The van der Waals surface area contributed by atoms with Crippen molar-refractivity contribution in [2.24, 2.45) is 0 Å². The quantitative estimate of drug-likeness (QED) is 0.487. The monoisotopic (exact) mass is 360 g/mol. The van der Waals surface area contributed by atoms with Crippen LogP contribution in [0.1, 0.15) is 25.0 Å². The van der Waals surface area contributed by atoms with Gasteiger partial charge in [-0.25, -0.2) is 0 Å². The second-order valence-electron chi connectivity index (χ2n) is 6.40. The normalized spacial score (nSPS) is 12.0. The fourth-order valence-corrected chi connectivity index (χ4v) is 2.74. The molecule has 0 aliphatic carbocycles. The Bertz CT molecular complexity index is 632. The first kappa shape index (κ1) is 20.2. The van der Waals surface area contributed by atoms with E-state index in [2.05, 4.69) is 28.8 Å². The summed E-state index contributed by atoms with van der Waals surface area (Å²) in [6, 6.07) is 16.2. The molecule has 0 bridgehead atoms. The van der Waals surface area contributed by atoms with Crippen molar-refractivity contribution in [2.45, 2.75) is 33.1 Å². The molecule has 0 aliphatic rings. The zero-order valence-corrected chi connectivity index (χ0v) is 15.9. The van der Waals surface area contributed by atoms with Crippen molar-refractivity contribution in [3.63, 3.8) is 0 Å². The van der Waals surface area contributed by atoms with Crippen molar-refractivity contribution in [3.8, 4) is 11.5 Å². The Hall–Kier alpha value is -2.08. The maximum absolute atomic E-state index is 9.29. The minimum absolute atomic E-state index is 0.254. The molecule has 26 heavy (non-hydrogen) atoms. The second-order valence-corrected chi connectivity index (χ2v) is 6.40. The van der Waals surface area contributed by atoms with Gasteiger partial charge < -0.3 is 25.2 Å². The molecule has 5 nitrogen and oxygen atoms in total. The Morgan fingerprint density at radius 3 is 2.46 bits per heavy atom. The Labute approximate surface area is 156 Å². The first-order chi connectivity index (χ1) is 12.7. The molecule has 0 aliphatic heterocycles.